The van der Waals surface area contributed by atoms with Gasteiger partial charge in [0.1, 0.15) is 12.1 Å². The Kier molecular flexibility index (Phi) is 4.51. The smallest absolute Gasteiger partial charge is 0.159 e. The molecule has 0 radical (unpaired) electrons. The predicted octanol–water partition coefficient (Wildman–Crippen LogP) is 2.73. The highest BCUT2D eigenvalue weighted by molar-refractivity contribution is 5.83. The van der Waals surface area contributed by atoms with Crippen molar-refractivity contribution in [1.82, 2.24) is 19.7 Å². The molecule has 0 atom stereocenters. The molecular weight excluding hydrogens is 304 g/mol. The minimum atomic E-state index is 0.582. The number of aromatic nitrogens is 4. The fourth-order valence-corrected chi connectivity index (χ4v) is 2.33. The Bertz CT molecular complexity index is 871. The van der Waals surface area contributed by atoms with Crippen molar-refractivity contribution < 1.29 is 4.74 Å². The van der Waals surface area contributed by atoms with Gasteiger partial charge in [-0.25, -0.2) is 14.6 Å². The van der Waals surface area contributed by atoms with E-state index in [0.717, 1.165) is 22.7 Å². The molecule has 3 rings (SSSR count). The molecular formula is C17H18N6O. The van der Waals surface area contributed by atoms with E-state index < -0.39 is 0 Å². The molecule has 0 unspecified atom stereocenters. The molecule has 3 aromatic rings. The molecule has 0 saturated heterocycles. The third-order valence-electron chi connectivity index (χ3n) is 3.40. The van der Waals surface area contributed by atoms with Crippen molar-refractivity contribution in [2.75, 3.05) is 12.5 Å². The van der Waals surface area contributed by atoms with E-state index in [1.165, 1.54) is 6.33 Å². The summed E-state index contributed by atoms with van der Waals surface area (Å²) in [4.78, 5) is 8.42. The third kappa shape index (κ3) is 3.40. The van der Waals surface area contributed by atoms with Gasteiger partial charge >= 0.3 is 0 Å². The summed E-state index contributed by atoms with van der Waals surface area (Å²) in [7, 11) is 1.63. The normalized spacial score (nSPS) is 11.0. The molecule has 7 nitrogen and oxygen atoms in total. The fraction of sp³-hybridized carbons (Fsp3) is 0.176. The maximum absolute atomic E-state index is 5.28. The number of anilines is 1. The minimum Gasteiger partial charge on any atom is -0.496 e. The van der Waals surface area contributed by atoms with Crippen LogP contribution in [0.25, 0.3) is 5.82 Å². The SMILES string of the molecule is COc1ccccc1C=NNc1cc(-n2nc(C)cc2C)ncn1. The molecule has 24 heavy (non-hydrogen) atoms. The van der Waals surface area contributed by atoms with Crippen molar-refractivity contribution in [2.45, 2.75) is 13.8 Å². The number of aryl methyl sites for hydroxylation is 2. The zero-order chi connectivity index (χ0) is 16.9. The molecule has 2 aromatic heterocycles. The van der Waals surface area contributed by atoms with Crippen molar-refractivity contribution in [2.24, 2.45) is 5.10 Å². The van der Waals surface area contributed by atoms with Crippen LogP contribution < -0.4 is 10.2 Å². The van der Waals surface area contributed by atoms with Crippen LogP contribution in [0, 0.1) is 13.8 Å². The molecule has 0 fully saturated rings. The highest BCUT2D eigenvalue weighted by Gasteiger charge is 2.06. The first-order valence-electron chi connectivity index (χ1n) is 7.45. The zero-order valence-electron chi connectivity index (χ0n) is 13.8. The molecule has 1 aromatic carbocycles. The Labute approximate surface area is 140 Å². The van der Waals surface area contributed by atoms with Gasteiger partial charge in [-0.1, -0.05) is 12.1 Å². The van der Waals surface area contributed by atoms with Gasteiger partial charge in [0.25, 0.3) is 0 Å². The molecule has 0 amide bonds. The molecule has 0 aliphatic carbocycles. The molecule has 2 heterocycles. The van der Waals surface area contributed by atoms with Crippen LogP contribution >= 0.6 is 0 Å². The standard InChI is InChI=1S/C17H18N6O/c1-12-8-13(2)23(22-12)17-9-16(18-11-19-17)21-20-10-14-6-4-5-7-15(14)24-3/h4-11H,1-3H3,(H,18,19,21). The number of para-hydroxylation sites is 1. The van der Waals surface area contributed by atoms with Gasteiger partial charge in [-0.15, -0.1) is 0 Å². The highest BCUT2D eigenvalue weighted by Crippen LogP contribution is 2.15. The maximum atomic E-state index is 5.28. The van der Waals surface area contributed by atoms with E-state index in [2.05, 4.69) is 25.6 Å². The van der Waals surface area contributed by atoms with E-state index in [4.69, 9.17) is 4.74 Å². The van der Waals surface area contributed by atoms with Gasteiger partial charge in [0, 0.05) is 17.3 Å². The Morgan fingerprint density at radius 1 is 1.17 bits per heavy atom. The number of nitrogens with one attached hydrogen (secondary N) is 1. The minimum absolute atomic E-state index is 0.582. The zero-order valence-corrected chi connectivity index (χ0v) is 13.8. The van der Waals surface area contributed by atoms with Crippen LogP contribution in [0.4, 0.5) is 5.82 Å². The number of methoxy groups -OCH3 is 1. The molecule has 0 saturated carbocycles. The van der Waals surface area contributed by atoms with Gasteiger partial charge in [0.05, 0.1) is 19.0 Å². The molecule has 1 N–H and O–H groups in total. The summed E-state index contributed by atoms with van der Waals surface area (Å²) in [5.41, 5.74) is 5.73. The Morgan fingerprint density at radius 2 is 2.00 bits per heavy atom. The maximum Gasteiger partial charge on any atom is 0.159 e. The number of hydrogen-bond donors (Lipinski definition) is 1. The lowest BCUT2D eigenvalue weighted by Gasteiger charge is -2.05. The van der Waals surface area contributed by atoms with Crippen molar-refractivity contribution in [3.63, 3.8) is 0 Å². The Balaban J connectivity index is 1.78. The predicted molar refractivity (Wildman–Crippen MR) is 92.8 cm³/mol. The van der Waals surface area contributed by atoms with Crippen molar-refractivity contribution in [1.29, 1.82) is 0 Å². The summed E-state index contributed by atoms with van der Waals surface area (Å²) < 4.78 is 7.05. The lowest BCUT2D eigenvalue weighted by molar-refractivity contribution is 0.414. The lowest BCUT2D eigenvalue weighted by Crippen LogP contribution is -2.04. The number of rotatable bonds is 5. The van der Waals surface area contributed by atoms with Crippen LogP contribution in [0.5, 0.6) is 5.75 Å². The van der Waals surface area contributed by atoms with Crippen LogP contribution in [0.1, 0.15) is 17.0 Å². The molecule has 0 aliphatic rings. The summed E-state index contributed by atoms with van der Waals surface area (Å²) in [6, 6.07) is 11.4. The summed E-state index contributed by atoms with van der Waals surface area (Å²) in [5.74, 6) is 2.03. The van der Waals surface area contributed by atoms with Gasteiger partial charge in [-0.3, -0.25) is 5.43 Å². The van der Waals surface area contributed by atoms with Crippen molar-refractivity contribution >= 4 is 12.0 Å². The second-order valence-corrected chi connectivity index (χ2v) is 5.21. The topological polar surface area (TPSA) is 77.2 Å². The van der Waals surface area contributed by atoms with E-state index in [-0.39, 0.29) is 0 Å². The average Bonchev–Trinajstić information content (AvgIpc) is 2.94. The van der Waals surface area contributed by atoms with E-state index in [9.17, 15) is 0 Å². The fourth-order valence-electron chi connectivity index (χ4n) is 2.33. The lowest BCUT2D eigenvalue weighted by atomic mass is 10.2. The quantitative estimate of drug-likeness (QED) is 0.577. The summed E-state index contributed by atoms with van der Waals surface area (Å²) >= 11 is 0. The molecule has 122 valence electrons. The first kappa shape index (κ1) is 15.7. The van der Waals surface area contributed by atoms with E-state index in [1.807, 2.05) is 44.2 Å². The van der Waals surface area contributed by atoms with E-state index >= 15 is 0 Å². The molecule has 0 aliphatic heterocycles. The second kappa shape index (κ2) is 6.91. The Morgan fingerprint density at radius 3 is 2.75 bits per heavy atom. The van der Waals surface area contributed by atoms with Crippen LogP contribution in [0.15, 0.2) is 47.8 Å². The summed E-state index contributed by atoms with van der Waals surface area (Å²) in [6.45, 7) is 3.93. The molecule has 0 spiro atoms. The van der Waals surface area contributed by atoms with Crippen molar-refractivity contribution in [3.8, 4) is 11.6 Å². The first-order chi connectivity index (χ1) is 11.7. The van der Waals surface area contributed by atoms with Crippen LogP contribution in [0.2, 0.25) is 0 Å². The number of hydrazone groups is 1. The largest absolute Gasteiger partial charge is 0.496 e. The van der Waals surface area contributed by atoms with Crippen molar-refractivity contribution in [3.05, 3.63) is 59.7 Å². The summed E-state index contributed by atoms with van der Waals surface area (Å²) in [6.07, 6.45) is 3.16. The monoisotopic (exact) mass is 322 g/mol. The average molecular weight is 322 g/mol. The first-order valence-corrected chi connectivity index (χ1v) is 7.45. The van der Waals surface area contributed by atoms with Gasteiger partial charge in [0.15, 0.2) is 11.6 Å². The van der Waals surface area contributed by atoms with E-state index in [1.54, 1.807) is 24.1 Å². The summed E-state index contributed by atoms with van der Waals surface area (Å²) in [5, 5.41) is 8.62. The van der Waals surface area contributed by atoms with Crippen LogP contribution in [-0.4, -0.2) is 33.1 Å². The molecule has 0 bridgehead atoms. The number of ether oxygens (including phenoxy) is 1. The highest BCUT2D eigenvalue weighted by atomic mass is 16.5. The number of benzene rings is 1. The van der Waals surface area contributed by atoms with Gasteiger partial charge in [-0.2, -0.15) is 10.2 Å². The molecule has 7 heteroatoms. The third-order valence-corrected chi connectivity index (χ3v) is 3.40. The van der Waals surface area contributed by atoms with Crippen LogP contribution in [-0.2, 0) is 0 Å². The van der Waals surface area contributed by atoms with Crippen LogP contribution in [0.3, 0.4) is 0 Å². The number of nitrogens with zero attached hydrogens (tertiary/aromatic N) is 5. The number of hydrogen-bond acceptors (Lipinski definition) is 6. The second-order valence-electron chi connectivity index (χ2n) is 5.21. The van der Waals surface area contributed by atoms with Gasteiger partial charge in [-0.05, 0) is 32.0 Å². The Hall–Kier alpha value is -3.22. The van der Waals surface area contributed by atoms with E-state index in [0.29, 0.717) is 11.6 Å². The van der Waals surface area contributed by atoms with Gasteiger partial charge < -0.3 is 4.74 Å². The van der Waals surface area contributed by atoms with Gasteiger partial charge in [0.2, 0.25) is 0 Å².